The number of hydrogen-bond donors (Lipinski definition) is 14. The van der Waals surface area contributed by atoms with Gasteiger partial charge in [0.2, 0.25) is 0 Å². The minimum absolute atomic E-state index is 0.0299. The van der Waals surface area contributed by atoms with Gasteiger partial charge >= 0.3 is 24.1 Å². The summed E-state index contributed by atoms with van der Waals surface area (Å²) in [5.74, 6) is 0.660. The summed E-state index contributed by atoms with van der Waals surface area (Å²) < 4.78 is 8.83. The first kappa shape index (κ1) is 91.4. The largest absolute Gasteiger partial charge is 0.390 e. The third-order valence-corrected chi connectivity index (χ3v) is 23.7. The van der Waals surface area contributed by atoms with Gasteiger partial charge in [-0.15, -0.1) is 0 Å². The molecule has 0 radical (unpaired) electrons. The van der Waals surface area contributed by atoms with E-state index in [1.165, 1.54) is 52.3 Å². The molecule has 0 saturated carbocycles. The van der Waals surface area contributed by atoms with Gasteiger partial charge < -0.3 is 56.6 Å². The van der Waals surface area contributed by atoms with Crippen molar-refractivity contribution >= 4 is 131 Å². The smallest absolute Gasteiger partial charge is 0.321 e. The average molecular weight is 1810 g/mol. The van der Waals surface area contributed by atoms with Crippen molar-refractivity contribution in [2.45, 2.75) is 104 Å². The third-order valence-electron chi connectivity index (χ3n) is 19.6. The highest BCUT2D eigenvalue weighted by atomic mass is 32.1. The van der Waals surface area contributed by atoms with Gasteiger partial charge in [0.25, 0.3) is 0 Å². The van der Waals surface area contributed by atoms with Crippen molar-refractivity contribution in [2.24, 2.45) is 0 Å². The van der Waals surface area contributed by atoms with Crippen molar-refractivity contribution in [3.63, 3.8) is 0 Å². The average Bonchev–Trinajstić information content (AvgIpc) is 1.39. The van der Waals surface area contributed by atoms with E-state index in [1.54, 1.807) is 95.1 Å². The number of benzene rings is 4. The van der Waals surface area contributed by atoms with Crippen molar-refractivity contribution in [1.29, 1.82) is 0 Å². The molecule has 17 rings (SSSR count). The molecule has 12 aromatic heterocycles. The molecule has 39 heteroatoms. The molecule has 1 fully saturated rings. The Hall–Kier alpha value is -13.8. The van der Waals surface area contributed by atoms with Crippen LogP contribution in [0.5, 0.6) is 0 Å². The van der Waals surface area contributed by atoms with Crippen molar-refractivity contribution in [2.75, 3.05) is 60.7 Å². The highest BCUT2D eigenvalue weighted by Gasteiger charge is 2.43. The zero-order chi connectivity index (χ0) is 90.9. The molecule has 129 heavy (non-hydrogen) atoms. The van der Waals surface area contributed by atoms with E-state index in [0.717, 1.165) is 115 Å². The Balaban J connectivity index is 0.000000139. The number of nitrogens with one attached hydrogen (secondary N) is 8. The highest BCUT2D eigenvalue weighted by Crippen LogP contribution is 2.44. The van der Waals surface area contributed by atoms with Gasteiger partial charge in [-0.2, -0.15) is 0 Å². The standard InChI is InChI=1S/C24H24N6O4S.C23H24N6O2S.C22H22N6O3S.C21H20N6O2S/c1-2-25-22(32)30-23-29-18-10-14(9-16(20(18)35-23)17-5-3-4-7-26-17)15-11-27-21(28-12-15)24(33)6-8-34-13-19(24)31;1-4-8-25-21(30)29-22-28-18-11-14(15-12-26-20(27-13-15)23(2,3)31)10-16(19(18)32-22)17-7-5-6-9-24-17;1-3-23-21(31)28-22-27-17-9-13(14-10-25-20(26-11-14)18(30)12(2)29)8-15(19(17)32-22)16-6-4-5-7-24-16;1-3-22-20(29)27-21-26-16-9-13(18-11-24-17(10-25-18)12(2)28)8-14(19(16)30-21)15-6-4-5-7-23-15/h3-5,7,9-12,19,31,33H,2,6,8,13H2,1H3,(H2,25,29,30,32);5-7,9-13,31H,4,8H2,1-3H3,(H2,25,28,29,30);4-12,18,29-30H,3H2,1-2H3,(H2,23,27,28,31);4-12,28H,3H2,1-2H3,(H2,22,26,27,29)/t;;12-,18-;/m..0./s1. The summed E-state index contributed by atoms with van der Waals surface area (Å²) in [5.41, 5.74) is 13.6. The summed E-state index contributed by atoms with van der Waals surface area (Å²) in [6.07, 6.45) is 17.1. The molecule has 0 spiro atoms. The fraction of sp³-hybridized carbons (Fsp3) is 0.244. The fourth-order valence-corrected chi connectivity index (χ4v) is 17.0. The predicted molar refractivity (Wildman–Crippen MR) is 499 cm³/mol. The number of amides is 8. The van der Waals surface area contributed by atoms with E-state index in [4.69, 9.17) is 4.74 Å². The Labute approximate surface area is 754 Å². The van der Waals surface area contributed by atoms with E-state index in [2.05, 4.69) is 122 Å². The van der Waals surface area contributed by atoms with Crippen LogP contribution < -0.4 is 42.5 Å². The Bertz CT molecular complexity index is 6560. The fourth-order valence-electron chi connectivity index (χ4n) is 13.2. The van der Waals surface area contributed by atoms with E-state index in [1.807, 2.05) is 149 Å². The number of carbonyl (C=O) groups excluding carboxylic acids is 4. The van der Waals surface area contributed by atoms with Crippen LogP contribution in [0.25, 0.3) is 131 Å². The molecule has 13 heterocycles. The van der Waals surface area contributed by atoms with Gasteiger partial charge in [0.05, 0.1) is 106 Å². The van der Waals surface area contributed by atoms with E-state index in [9.17, 15) is 49.8 Å². The second-order valence-electron chi connectivity index (χ2n) is 29.7. The van der Waals surface area contributed by atoms with Crippen LogP contribution in [0.4, 0.5) is 39.7 Å². The number of hydrogen-bond acceptors (Lipinski definition) is 31. The van der Waals surface area contributed by atoms with Crippen LogP contribution in [0.3, 0.4) is 0 Å². The molecule has 0 bridgehead atoms. The van der Waals surface area contributed by atoms with Gasteiger partial charge in [-0.05, 0) is 169 Å². The molecule has 5 atom stereocenters. The molecule has 660 valence electrons. The van der Waals surface area contributed by atoms with Crippen molar-refractivity contribution in [3.8, 4) is 89.7 Å². The number of urea groups is 4. The number of fused-ring (bicyclic) bond motifs is 4. The minimum atomic E-state index is -1.55. The van der Waals surface area contributed by atoms with Gasteiger partial charge in [-0.3, -0.25) is 51.2 Å². The number of pyridine rings is 4. The Morgan fingerprint density at radius 3 is 1.14 bits per heavy atom. The maximum Gasteiger partial charge on any atom is 0.321 e. The topological polar surface area (TPSA) is 501 Å². The van der Waals surface area contributed by atoms with Gasteiger partial charge in [0.15, 0.2) is 43.6 Å². The molecule has 1 saturated heterocycles. The summed E-state index contributed by atoms with van der Waals surface area (Å²) in [7, 11) is 0. The van der Waals surface area contributed by atoms with Gasteiger partial charge in [0.1, 0.15) is 17.8 Å². The Morgan fingerprint density at radius 2 is 0.814 bits per heavy atom. The summed E-state index contributed by atoms with van der Waals surface area (Å²) in [6, 6.07) is 37.2. The lowest BCUT2D eigenvalue weighted by molar-refractivity contribution is -0.162. The third kappa shape index (κ3) is 22.4. The minimum Gasteiger partial charge on any atom is -0.390 e. The van der Waals surface area contributed by atoms with E-state index in [0.29, 0.717) is 87.1 Å². The molecule has 1 aliphatic heterocycles. The number of ether oxygens (including phenoxy) is 1. The summed E-state index contributed by atoms with van der Waals surface area (Å²) in [4.78, 5) is 119. The molecule has 1 aliphatic rings. The first-order valence-corrected chi connectivity index (χ1v) is 44.3. The van der Waals surface area contributed by atoms with Crippen LogP contribution in [0.2, 0.25) is 0 Å². The van der Waals surface area contributed by atoms with Gasteiger partial charge in [-0.25, -0.2) is 69.0 Å². The molecule has 8 amide bonds. The number of anilines is 4. The maximum atomic E-state index is 12.1. The molecule has 35 nitrogen and oxygen atoms in total. The highest BCUT2D eigenvalue weighted by molar-refractivity contribution is 7.24. The van der Waals surface area contributed by atoms with Crippen LogP contribution in [-0.4, -0.2) is 186 Å². The number of thiazole rings is 4. The molecular formula is C90H90N24O11S4. The van der Waals surface area contributed by atoms with Crippen LogP contribution >= 0.6 is 45.3 Å². The molecule has 4 aromatic carbocycles. The first-order valence-electron chi connectivity index (χ1n) is 41.0. The number of nitrogens with zero attached hydrogens (tertiary/aromatic N) is 16. The number of aromatic nitrogens is 16. The normalized spacial score (nSPS) is 14.3. The lowest BCUT2D eigenvalue weighted by Crippen LogP contribution is -2.48. The lowest BCUT2D eigenvalue weighted by Gasteiger charge is -2.35. The number of aliphatic hydroxyl groups is 6. The second kappa shape index (κ2) is 41.7. The van der Waals surface area contributed by atoms with Crippen LogP contribution in [0.1, 0.15) is 104 Å². The second-order valence-corrected chi connectivity index (χ2v) is 33.7. The van der Waals surface area contributed by atoms with E-state index < -0.39 is 35.6 Å². The molecule has 14 N–H and O–H groups in total. The quantitative estimate of drug-likeness (QED) is 0.0300. The van der Waals surface area contributed by atoms with Crippen molar-refractivity contribution in [3.05, 3.63) is 219 Å². The summed E-state index contributed by atoms with van der Waals surface area (Å²) in [6.45, 7) is 16.5. The van der Waals surface area contributed by atoms with Crippen molar-refractivity contribution < 1.29 is 54.6 Å². The SMILES string of the molecule is CCCNC(=O)Nc1nc2cc(-c3cnc(C(C)(C)O)nc3)cc(-c3ccccn3)c2s1.CCNC(=O)Nc1nc2cc(-c3cnc(C(C)O)cn3)cc(-c3ccccn3)c2s1.CCNC(=O)Nc1nc2cc(-c3cnc(C4(O)CCOCC4O)nc3)cc(-c3ccccn3)c2s1.CCNC(=O)Nc1nc2cc(-c3cnc([C@@H](O)[C@H](C)O)nc3)cc(-c3ccccn3)c2s1. The monoisotopic (exact) mass is 1810 g/mol. The maximum absolute atomic E-state index is 12.1. The Kier molecular flexibility index (Phi) is 29.6. The van der Waals surface area contributed by atoms with Crippen LogP contribution in [0, 0.1) is 0 Å². The van der Waals surface area contributed by atoms with Gasteiger partial charge in [0, 0.05) is 146 Å². The predicted octanol–water partition coefficient (Wildman–Crippen LogP) is 14.9. The summed E-state index contributed by atoms with van der Waals surface area (Å²) >= 11 is 5.54. The summed E-state index contributed by atoms with van der Waals surface area (Å²) in [5, 5.41) is 84.5. The van der Waals surface area contributed by atoms with Gasteiger partial charge in [-0.1, -0.05) is 76.5 Å². The lowest BCUT2D eigenvalue weighted by atomic mass is 9.90. The molecule has 0 aliphatic carbocycles. The number of rotatable bonds is 22. The van der Waals surface area contributed by atoms with Crippen molar-refractivity contribution in [1.82, 2.24) is 101 Å². The molecular weight excluding hydrogens is 1720 g/mol. The van der Waals surface area contributed by atoms with E-state index in [-0.39, 0.29) is 48.8 Å². The Morgan fingerprint density at radius 1 is 0.450 bits per heavy atom. The van der Waals surface area contributed by atoms with E-state index >= 15 is 0 Å². The number of carbonyl (C=O) groups is 4. The number of aliphatic hydroxyl groups excluding tert-OH is 4. The van der Waals surface area contributed by atoms with Crippen LogP contribution in [0.15, 0.2) is 196 Å². The first-order chi connectivity index (χ1) is 62.3. The zero-order valence-corrected chi connectivity index (χ0v) is 74.2. The molecule has 16 aromatic rings. The zero-order valence-electron chi connectivity index (χ0n) is 71.0. The van der Waals surface area contributed by atoms with Crippen LogP contribution in [-0.2, 0) is 15.9 Å². The molecule has 3 unspecified atom stereocenters.